The second-order valence-electron chi connectivity index (χ2n) is 5.00. The van der Waals surface area contributed by atoms with E-state index in [1.165, 1.54) is 18.5 Å². The van der Waals surface area contributed by atoms with Gasteiger partial charge in [0.2, 0.25) is 0 Å². The monoisotopic (exact) mass is 224 g/mol. The number of hydrogen-bond donors (Lipinski definition) is 1. The summed E-state index contributed by atoms with van der Waals surface area (Å²) in [5.41, 5.74) is 9.28. The molecule has 0 amide bonds. The molecule has 0 bridgehead atoms. The van der Waals surface area contributed by atoms with E-state index < -0.39 is 0 Å². The fourth-order valence-electron chi connectivity index (χ4n) is 2.77. The minimum Gasteiger partial charge on any atom is -0.328 e. The quantitative estimate of drug-likeness (QED) is 0.838. The maximum atomic E-state index is 6.07. The summed E-state index contributed by atoms with van der Waals surface area (Å²) in [5, 5.41) is 2.19. The summed E-state index contributed by atoms with van der Waals surface area (Å²) in [6.45, 7) is 4.64. The molecule has 2 rings (SSSR count). The van der Waals surface area contributed by atoms with Crippen LogP contribution in [0.1, 0.15) is 44.7 Å². The minimum atomic E-state index is 0.381. The van der Waals surface area contributed by atoms with Gasteiger partial charge in [0.05, 0.1) is 11.2 Å². The largest absolute Gasteiger partial charge is 0.328 e. The topological polar surface area (TPSA) is 38.9 Å². The number of aromatic nitrogens is 1. The lowest BCUT2D eigenvalue weighted by Crippen LogP contribution is -2.34. The molecule has 1 heterocycles. The van der Waals surface area contributed by atoms with Gasteiger partial charge in [-0.05, 0) is 31.1 Å². The van der Waals surface area contributed by atoms with Crippen LogP contribution in [0.4, 0.5) is 0 Å². The highest BCUT2D eigenvalue weighted by atomic mass is 32.1. The Morgan fingerprint density at radius 2 is 2.27 bits per heavy atom. The first kappa shape index (κ1) is 11.1. The molecule has 15 heavy (non-hydrogen) atoms. The van der Waals surface area contributed by atoms with Gasteiger partial charge in [-0.3, -0.25) is 0 Å². The van der Waals surface area contributed by atoms with Crippen LogP contribution in [0, 0.1) is 11.8 Å². The van der Waals surface area contributed by atoms with E-state index in [1.54, 1.807) is 11.3 Å². The van der Waals surface area contributed by atoms with Crippen LogP contribution in [0.3, 0.4) is 0 Å². The van der Waals surface area contributed by atoms with Crippen molar-refractivity contribution in [2.45, 2.75) is 45.1 Å². The van der Waals surface area contributed by atoms with Crippen LogP contribution < -0.4 is 5.73 Å². The Morgan fingerprint density at radius 1 is 1.47 bits per heavy atom. The molecule has 2 N–H and O–H groups in total. The minimum absolute atomic E-state index is 0.381. The van der Waals surface area contributed by atoms with Gasteiger partial charge in [0.25, 0.3) is 0 Å². The molecule has 3 atom stereocenters. The van der Waals surface area contributed by atoms with Crippen molar-refractivity contribution >= 4 is 11.3 Å². The van der Waals surface area contributed by atoms with Crippen LogP contribution in [0.5, 0.6) is 0 Å². The lowest BCUT2D eigenvalue weighted by atomic mass is 9.71. The SMILES string of the molecule is CC(C)C1CCC(N)CC1c1cscn1. The molecule has 3 unspecified atom stereocenters. The van der Waals surface area contributed by atoms with Gasteiger partial charge in [-0.2, -0.15) is 0 Å². The van der Waals surface area contributed by atoms with Gasteiger partial charge in [-0.15, -0.1) is 11.3 Å². The molecule has 0 radical (unpaired) electrons. The molecule has 1 aliphatic carbocycles. The molecule has 1 saturated carbocycles. The Morgan fingerprint density at radius 3 is 2.87 bits per heavy atom. The lowest BCUT2D eigenvalue weighted by molar-refractivity contribution is 0.218. The van der Waals surface area contributed by atoms with Crippen LogP contribution in [-0.4, -0.2) is 11.0 Å². The van der Waals surface area contributed by atoms with Crippen molar-refractivity contribution in [3.8, 4) is 0 Å². The molecule has 0 spiro atoms. The zero-order chi connectivity index (χ0) is 10.8. The van der Waals surface area contributed by atoms with E-state index in [0.29, 0.717) is 12.0 Å². The average Bonchev–Trinajstić information content (AvgIpc) is 2.69. The molecule has 0 aliphatic heterocycles. The first-order valence-corrected chi connectivity index (χ1v) is 6.76. The van der Waals surface area contributed by atoms with Gasteiger partial charge >= 0.3 is 0 Å². The van der Waals surface area contributed by atoms with Crippen molar-refractivity contribution in [3.05, 3.63) is 16.6 Å². The van der Waals surface area contributed by atoms with Crippen LogP contribution in [0.2, 0.25) is 0 Å². The van der Waals surface area contributed by atoms with Crippen molar-refractivity contribution in [2.24, 2.45) is 17.6 Å². The zero-order valence-corrected chi connectivity index (χ0v) is 10.3. The van der Waals surface area contributed by atoms with Crippen LogP contribution in [0.25, 0.3) is 0 Å². The first-order chi connectivity index (χ1) is 7.18. The Labute approximate surface area is 95.9 Å². The number of rotatable bonds is 2. The zero-order valence-electron chi connectivity index (χ0n) is 9.52. The van der Waals surface area contributed by atoms with Crippen LogP contribution in [-0.2, 0) is 0 Å². The summed E-state index contributed by atoms with van der Waals surface area (Å²) in [7, 11) is 0. The number of nitrogens with zero attached hydrogens (tertiary/aromatic N) is 1. The molecule has 1 aromatic rings. The summed E-state index contributed by atoms with van der Waals surface area (Å²) < 4.78 is 0. The van der Waals surface area contributed by atoms with Crippen molar-refractivity contribution in [2.75, 3.05) is 0 Å². The average molecular weight is 224 g/mol. The Kier molecular flexibility index (Phi) is 3.42. The van der Waals surface area contributed by atoms with Crippen molar-refractivity contribution < 1.29 is 0 Å². The van der Waals surface area contributed by atoms with E-state index in [9.17, 15) is 0 Å². The van der Waals surface area contributed by atoms with E-state index in [0.717, 1.165) is 18.3 Å². The van der Waals surface area contributed by atoms with Crippen molar-refractivity contribution in [1.82, 2.24) is 4.98 Å². The highest BCUT2D eigenvalue weighted by Crippen LogP contribution is 2.40. The maximum Gasteiger partial charge on any atom is 0.0794 e. The van der Waals surface area contributed by atoms with Gasteiger partial charge in [-0.25, -0.2) is 4.98 Å². The highest BCUT2D eigenvalue weighted by molar-refractivity contribution is 7.07. The molecular weight excluding hydrogens is 204 g/mol. The van der Waals surface area contributed by atoms with Gasteiger partial charge < -0.3 is 5.73 Å². The smallest absolute Gasteiger partial charge is 0.0794 e. The fraction of sp³-hybridized carbons (Fsp3) is 0.750. The second-order valence-corrected chi connectivity index (χ2v) is 5.72. The number of hydrogen-bond acceptors (Lipinski definition) is 3. The van der Waals surface area contributed by atoms with Gasteiger partial charge in [-0.1, -0.05) is 13.8 Å². The molecule has 84 valence electrons. The number of thiazole rings is 1. The normalized spacial score (nSPS) is 32.1. The number of nitrogens with two attached hydrogens (primary N) is 1. The molecule has 0 aromatic carbocycles. The third kappa shape index (κ3) is 2.40. The van der Waals surface area contributed by atoms with Gasteiger partial charge in [0.1, 0.15) is 0 Å². The predicted molar refractivity (Wildman–Crippen MR) is 65.0 cm³/mol. The van der Waals surface area contributed by atoms with E-state index in [-0.39, 0.29) is 0 Å². The molecule has 1 fully saturated rings. The Hall–Kier alpha value is -0.410. The molecule has 0 saturated heterocycles. The standard InChI is InChI=1S/C12H20N2S/c1-8(2)10-4-3-9(13)5-11(10)12-6-15-7-14-12/h6-11H,3-5,13H2,1-2H3. The maximum absolute atomic E-state index is 6.07. The first-order valence-electron chi connectivity index (χ1n) is 5.82. The summed E-state index contributed by atoms with van der Waals surface area (Å²) in [6, 6.07) is 0.381. The fourth-order valence-corrected chi connectivity index (χ4v) is 3.39. The third-order valence-corrected chi connectivity index (χ3v) is 4.24. The summed E-state index contributed by atoms with van der Waals surface area (Å²) in [6.07, 6.45) is 3.57. The second kappa shape index (κ2) is 4.62. The molecule has 1 aliphatic rings. The van der Waals surface area contributed by atoms with E-state index in [2.05, 4.69) is 24.2 Å². The lowest BCUT2D eigenvalue weighted by Gasteiger charge is -2.36. The molecule has 3 heteroatoms. The molecular formula is C12H20N2S. The van der Waals surface area contributed by atoms with Crippen molar-refractivity contribution in [1.29, 1.82) is 0 Å². The third-order valence-electron chi connectivity index (χ3n) is 3.63. The highest BCUT2D eigenvalue weighted by Gasteiger charge is 2.32. The summed E-state index contributed by atoms with van der Waals surface area (Å²) in [4.78, 5) is 4.47. The summed E-state index contributed by atoms with van der Waals surface area (Å²) >= 11 is 1.70. The van der Waals surface area contributed by atoms with Gasteiger partial charge in [0, 0.05) is 17.3 Å². The summed E-state index contributed by atoms with van der Waals surface area (Å²) in [5.74, 6) is 2.11. The van der Waals surface area contributed by atoms with E-state index in [1.807, 2.05) is 5.51 Å². The molecule has 2 nitrogen and oxygen atoms in total. The van der Waals surface area contributed by atoms with E-state index in [4.69, 9.17) is 5.73 Å². The molecule has 1 aromatic heterocycles. The van der Waals surface area contributed by atoms with E-state index >= 15 is 0 Å². The Balaban J connectivity index is 2.17. The Bertz CT molecular complexity index is 295. The predicted octanol–water partition coefficient (Wildman–Crippen LogP) is 3.01. The van der Waals surface area contributed by atoms with Crippen LogP contribution >= 0.6 is 11.3 Å². The van der Waals surface area contributed by atoms with Crippen molar-refractivity contribution in [3.63, 3.8) is 0 Å². The van der Waals surface area contributed by atoms with Crippen LogP contribution in [0.15, 0.2) is 10.9 Å². The van der Waals surface area contributed by atoms with Gasteiger partial charge in [0.15, 0.2) is 0 Å².